The van der Waals surface area contributed by atoms with Crippen LogP contribution in [0.1, 0.15) is 40.5 Å². The van der Waals surface area contributed by atoms with E-state index >= 15 is 0 Å². The van der Waals surface area contributed by atoms with E-state index in [1.165, 1.54) is 18.5 Å². The Hall–Kier alpha value is -0.540. The minimum absolute atomic E-state index is 0.129. The zero-order valence-corrected chi connectivity index (χ0v) is 13.2. The van der Waals surface area contributed by atoms with Crippen LogP contribution in [-0.2, 0) is 0 Å². The lowest BCUT2D eigenvalue weighted by molar-refractivity contribution is 0.322. The fraction of sp³-hybridized carbons (Fsp3) is 0.867. The van der Waals surface area contributed by atoms with Crippen molar-refractivity contribution in [3.05, 3.63) is 11.8 Å². The van der Waals surface area contributed by atoms with Gasteiger partial charge in [-0.25, -0.2) is 0 Å². The fourth-order valence-electron chi connectivity index (χ4n) is 2.27. The van der Waals surface area contributed by atoms with Gasteiger partial charge in [0.05, 0.1) is 0 Å². The molecule has 3 nitrogen and oxygen atoms in total. The highest BCUT2D eigenvalue weighted by Crippen LogP contribution is 2.16. The van der Waals surface area contributed by atoms with E-state index in [0.717, 1.165) is 19.0 Å². The molecule has 3 N–H and O–H groups in total. The number of hydrogen-bond acceptors (Lipinski definition) is 3. The average Bonchev–Trinajstić information content (AvgIpc) is 2.30. The third kappa shape index (κ3) is 7.02. The zero-order chi connectivity index (χ0) is 14.1. The van der Waals surface area contributed by atoms with Crippen LogP contribution in [0.15, 0.2) is 11.8 Å². The van der Waals surface area contributed by atoms with Crippen molar-refractivity contribution in [1.82, 2.24) is 10.2 Å². The van der Waals surface area contributed by atoms with E-state index in [4.69, 9.17) is 5.73 Å². The lowest BCUT2D eigenvalue weighted by Crippen LogP contribution is -2.28. The van der Waals surface area contributed by atoms with E-state index in [-0.39, 0.29) is 6.04 Å². The molecule has 0 fully saturated rings. The monoisotopic (exact) mass is 255 g/mol. The van der Waals surface area contributed by atoms with Crippen molar-refractivity contribution in [3.8, 4) is 0 Å². The Bertz CT molecular complexity index is 234. The highest BCUT2D eigenvalue weighted by molar-refractivity contribution is 5.06. The molecule has 0 aromatic carbocycles. The molecule has 0 spiro atoms. The summed E-state index contributed by atoms with van der Waals surface area (Å²) in [4.78, 5) is 2.37. The first-order valence-electron chi connectivity index (χ1n) is 7.25. The Kier molecular flexibility index (Phi) is 9.12. The minimum Gasteiger partial charge on any atom is -0.378 e. The fourth-order valence-corrected chi connectivity index (χ4v) is 2.27. The highest BCUT2D eigenvalue weighted by atomic mass is 15.1. The first-order valence-corrected chi connectivity index (χ1v) is 7.25. The molecule has 2 atom stereocenters. The van der Waals surface area contributed by atoms with Crippen LogP contribution in [-0.4, -0.2) is 38.1 Å². The molecule has 0 bridgehead atoms. The normalized spacial score (nSPS) is 15.9. The number of allylic oxidation sites excluding steroid dienone is 1. The van der Waals surface area contributed by atoms with Crippen LogP contribution in [0, 0.1) is 11.8 Å². The smallest absolute Gasteiger partial charge is 0.0214 e. The molecule has 108 valence electrons. The van der Waals surface area contributed by atoms with Crippen molar-refractivity contribution >= 4 is 0 Å². The van der Waals surface area contributed by atoms with Gasteiger partial charge in [-0.05, 0) is 44.8 Å². The number of rotatable bonds is 9. The van der Waals surface area contributed by atoms with E-state index in [1.807, 2.05) is 14.0 Å². The van der Waals surface area contributed by atoms with Gasteiger partial charge >= 0.3 is 0 Å². The largest absolute Gasteiger partial charge is 0.378 e. The maximum absolute atomic E-state index is 5.89. The van der Waals surface area contributed by atoms with E-state index in [9.17, 15) is 0 Å². The van der Waals surface area contributed by atoms with Crippen molar-refractivity contribution in [2.45, 2.75) is 46.6 Å². The standard InChI is InChI=1S/C15H33N3/c1-7-14(11-17-5)8-9-18(6)15(12(2)3)10-13(4)16/h10,12-14,17H,7-9,11,16H2,1-6H3/b15-10+/t13-,14+/m0/s1. The summed E-state index contributed by atoms with van der Waals surface area (Å²) in [6, 6.07) is 0.129. The van der Waals surface area contributed by atoms with Crippen molar-refractivity contribution in [2.75, 3.05) is 27.2 Å². The first kappa shape index (κ1) is 17.5. The Morgan fingerprint density at radius 3 is 2.33 bits per heavy atom. The van der Waals surface area contributed by atoms with Crippen LogP contribution in [0.25, 0.3) is 0 Å². The van der Waals surface area contributed by atoms with E-state index in [0.29, 0.717) is 5.92 Å². The van der Waals surface area contributed by atoms with Crippen molar-refractivity contribution < 1.29 is 0 Å². The van der Waals surface area contributed by atoms with Crippen LogP contribution in [0.5, 0.6) is 0 Å². The second kappa shape index (κ2) is 9.40. The third-order valence-corrected chi connectivity index (χ3v) is 3.41. The molecule has 18 heavy (non-hydrogen) atoms. The Morgan fingerprint density at radius 1 is 1.33 bits per heavy atom. The van der Waals surface area contributed by atoms with Crippen molar-refractivity contribution in [3.63, 3.8) is 0 Å². The molecule has 0 rings (SSSR count). The van der Waals surface area contributed by atoms with Gasteiger partial charge in [0.2, 0.25) is 0 Å². The van der Waals surface area contributed by atoms with Gasteiger partial charge in [0, 0.05) is 25.3 Å². The Balaban J connectivity index is 4.38. The number of hydrogen-bond donors (Lipinski definition) is 2. The Morgan fingerprint density at radius 2 is 1.94 bits per heavy atom. The number of nitrogens with zero attached hydrogens (tertiary/aromatic N) is 1. The SMILES string of the molecule is CC[C@H](CCN(C)/C(=C/[C@H](C)N)C(C)C)CNC. The summed E-state index contributed by atoms with van der Waals surface area (Å²) in [5, 5.41) is 3.27. The molecular weight excluding hydrogens is 222 g/mol. The summed E-state index contributed by atoms with van der Waals surface area (Å²) in [7, 11) is 4.21. The van der Waals surface area contributed by atoms with Crippen LogP contribution in [0.3, 0.4) is 0 Å². The van der Waals surface area contributed by atoms with Gasteiger partial charge in [0.15, 0.2) is 0 Å². The summed E-state index contributed by atoms with van der Waals surface area (Å²) < 4.78 is 0. The lowest BCUT2D eigenvalue weighted by Gasteiger charge is -2.28. The molecule has 0 aliphatic rings. The van der Waals surface area contributed by atoms with Crippen LogP contribution >= 0.6 is 0 Å². The summed E-state index contributed by atoms with van der Waals surface area (Å²) in [5.74, 6) is 1.30. The summed E-state index contributed by atoms with van der Waals surface area (Å²) in [6.45, 7) is 11.0. The third-order valence-electron chi connectivity index (χ3n) is 3.41. The quantitative estimate of drug-likeness (QED) is 0.665. The number of nitrogens with two attached hydrogens (primary N) is 1. The Labute approximate surface area is 114 Å². The van der Waals surface area contributed by atoms with E-state index in [2.05, 4.69) is 44.1 Å². The van der Waals surface area contributed by atoms with Gasteiger partial charge in [0.25, 0.3) is 0 Å². The molecule has 0 saturated heterocycles. The molecule has 0 aliphatic carbocycles. The summed E-state index contributed by atoms with van der Waals surface area (Å²) in [5.41, 5.74) is 7.25. The molecule has 0 saturated carbocycles. The maximum Gasteiger partial charge on any atom is 0.0214 e. The molecule has 0 aromatic heterocycles. The molecule has 3 heteroatoms. The molecule has 0 amide bonds. The van der Waals surface area contributed by atoms with Crippen LogP contribution in [0.2, 0.25) is 0 Å². The second-order valence-electron chi connectivity index (χ2n) is 5.65. The van der Waals surface area contributed by atoms with Crippen molar-refractivity contribution in [2.24, 2.45) is 17.6 Å². The van der Waals surface area contributed by atoms with Gasteiger partial charge in [0.1, 0.15) is 0 Å². The summed E-state index contributed by atoms with van der Waals surface area (Å²) >= 11 is 0. The predicted octanol–water partition coefficient (Wildman–Crippen LogP) is 2.44. The molecule has 0 heterocycles. The molecule has 0 radical (unpaired) electrons. The number of nitrogens with one attached hydrogen (secondary N) is 1. The molecule has 0 unspecified atom stereocenters. The topological polar surface area (TPSA) is 41.3 Å². The van der Waals surface area contributed by atoms with Gasteiger partial charge < -0.3 is 16.0 Å². The van der Waals surface area contributed by atoms with Crippen LogP contribution < -0.4 is 11.1 Å². The van der Waals surface area contributed by atoms with Gasteiger partial charge in [-0.3, -0.25) is 0 Å². The lowest BCUT2D eigenvalue weighted by atomic mass is 10.0. The van der Waals surface area contributed by atoms with Crippen LogP contribution in [0.4, 0.5) is 0 Å². The second-order valence-corrected chi connectivity index (χ2v) is 5.65. The maximum atomic E-state index is 5.89. The predicted molar refractivity (Wildman–Crippen MR) is 81.5 cm³/mol. The van der Waals surface area contributed by atoms with Gasteiger partial charge in [-0.15, -0.1) is 0 Å². The highest BCUT2D eigenvalue weighted by Gasteiger charge is 2.12. The van der Waals surface area contributed by atoms with Gasteiger partial charge in [-0.2, -0.15) is 0 Å². The minimum atomic E-state index is 0.129. The van der Waals surface area contributed by atoms with Crippen molar-refractivity contribution in [1.29, 1.82) is 0 Å². The van der Waals surface area contributed by atoms with E-state index < -0.39 is 0 Å². The average molecular weight is 255 g/mol. The van der Waals surface area contributed by atoms with E-state index in [1.54, 1.807) is 0 Å². The zero-order valence-electron chi connectivity index (χ0n) is 13.2. The molecule has 0 aromatic rings. The van der Waals surface area contributed by atoms with Gasteiger partial charge in [-0.1, -0.05) is 27.2 Å². The molecular formula is C15H33N3. The summed E-state index contributed by atoms with van der Waals surface area (Å²) in [6.07, 6.45) is 4.66. The molecule has 0 aliphatic heterocycles. The first-order chi connectivity index (χ1) is 8.42.